The van der Waals surface area contributed by atoms with E-state index in [1.807, 2.05) is 18.2 Å². The zero-order valence-corrected chi connectivity index (χ0v) is 14.0. The molecule has 5 heteroatoms. The molecule has 1 heterocycles. The summed E-state index contributed by atoms with van der Waals surface area (Å²) in [6.07, 6.45) is 1.86. The minimum absolute atomic E-state index is 0.124. The van der Waals surface area contributed by atoms with Crippen LogP contribution in [-0.4, -0.2) is 24.9 Å². The Bertz CT molecular complexity index is 748. The maximum absolute atomic E-state index is 13.9. The first-order valence-corrected chi connectivity index (χ1v) is 8.51. The smallest absolute Gasteiger partial charge is 0.227 e. The Morgan fingerprint density at radius 2 is 1.84 bits per heavy atom. The summed E-state index contributed by atoms with van der Waals surface area (Å²) >= 11 is 0. The van der Waals surface area contributed by atoms with Crippen LogP contribution in [0.4, 0.5) is 10.1 Å². The fourth-order valence-electron chi connectivity index (χ4n) is 3.08. The van der Waals surface area contributed by atoms with Crippen LogP contribution in [0.3, 0.4) is 0 Å². The van der Waals surface area contributed by atoms with Crippen molar-refractivity contribution in [2.24, 2.45) is 5.92 Å². The van der Waals surface area contributed by atoms with Gasteiger partial charge in [-0.25, -0.2) is 4.39 Å². The van der Waals surface area contributed by atoms with Crippen LogP contribution in [-0.2, 0) is 16.0 Å². The molecule has 3 rings (SSSR count). The Labute approximate surface area is 146 Å². The highest BCUT2D eigenvalue weighted by Crippen LogP contribution is 2.27. The fraction of sp³-hybridized carbons (Fsp3) is 0.300. The summed E-state index contributed by atoms with van der Waals surface area (Å²) < 4.78 is 13.9. The number of benzene rings is 2. The second-order valence-corrected chi connectivity index (χ2v) is 6.24. The first-order chi connectivity index (χ1) is 12.1. The zero-order valence-electron chi connectivity index (χ0n) is 14.0. The third kappa shape index (κ3) is 4.24. The summed E-state index contributed by atoms with van der Waals surface area (Å²) in [4.78, 5) is 25.8. The molecule has 1 atom stereocenters. The third-order valence-electron chi connectivity index (χ3n) is 4.42. The molecule has 4 nitrogen and oxygen atoms in total. The van der Waals surface area contributed by atoms with Crippen molar-refractivity contribution in [2.45, 2.75) is 19.3 Å². The maximum Gasteiger partial charge on any atom is 0.227 e. The highest BCUT2D eigenvalue weighted by molar-refractivity contribution is 6.00. The minimum Gasteiger partial charge on any atom is -0.356 e. The number of rotatable bonds is 6. The van der Waals surface area contributed by atoms with Gasteiger partial charge in [0, 0.05) is 19.5 Å². The van der Waals surface area contributed by atoms with Gasteiger partial charge in [0.05, 0.1) is 11.6 Å². The molecule has 0 unspecified atom stereocenters. The van der Waals surface area contributed by atoms with Gasteiger partial charge in [0.25, 0.3) is 0 Å². The molecular formula is C20H21FN2O2. The molecule has 2 amide bonds. The van der Waals surface area contributed by atoms with E-state index in [1.54, 1.807) is 18.2 Å². The quantitative estimate of drug-likeness (QED) is 0.822. The lowest BCUT2D eigenvalue weighted by Gasteiger charge is -2.17. The van der Waals surface area contributed by atoms with Gasteiger partial charge in [0.15, 0.2) is 0 Å². The van der Waals surface area contributed by atoms with Crippen molar-refractivity contribution < 1.29 is 14.0 Å². The standard InChI is InChI=1S/C20H21FN2O2/c21-17-10-4-5-11-18(17)23-14-16(13-19(23)24)20(25)22-12-6-9-15-7-2-1-3-8-15/h1-5,7-8,10-11,16H,6,9,12-14H2,(H,22,25)/t16-/m1/s1. The van der Waals surface area contributed by atoms with Crippen molar-refractivity contribution in [3.8, 4) is 0 Å². The molecule has 0 radical (unpaired) electrons. The fourth-order valence-corrected chi connectivity index (χ4v) is 3.08. The first kappa shape index (κ1) is 17.1. The molecule has 1 N–H and O–H groups in total. The summed E-state index contributed by atoms with van der Waals surface area (Å²) in [6.45, 7) is 0.794. The number of hydrogen-bond acceptors (Lipinski definition) is 2. The molecule has 1 saturated heterocycles. The molecule has 1 aliphatic rings. The lowest BCUT2D eigenvalue weighted by molar-refractivity contribution is -0.126. The number of hydrogen-bond donors (Lipinski definition) is 1. The number of aryl methyl sites for hydroxylation is 1. The molecule has 0 aliphatic carbocycles. The molecule has 2 aromatic rings. The second-order valence-electron chi connectivity index (χ2n) is 6.24. The van der Waals surface area contributed by atoms with Gasteiger partial charge in [-0.3, -0.25) is 9.59 Å². The van der Waals surface area contributed by atoms with Crippen LogP contribution in [0.25, 0.3) is 0 Å². The Kier molecular flexibility index (Phi) is 5.43. The summed E-state index contributed by atoms with van der Waals surface area (Å²) in [5.74, 6) is -1.22. The van der Waals surface area contributed by atoms with Crippen molar-refractivity contribution in [2.75, 3.05) is 18.0 Å². The highest BCUT2D eigenvalue weighted by Gasteiger charge is 2.35. The van der Waals surface area contributed by atoms with Crippen LogP contribution in [0, 0.1) is 11.7 Å². The molecule has 130 valence electrons. The van der Waals surface area contributed by atoms with Crippen LogP contribution < -0.4 is 10.2 Å². The third-order valence-corrected chi connectivity index (χ3v) is 4.42. The lowest BCUT2D eigenvalue weighted by Crippen LogP contribution is -2.33. The first-order valence-electron chi connectivity index (χ1n) is 8.51. The number of halogens is 1. The largest absolute Gasteiger partial charge is 0.356 e. The van der Waals surface area contributed by atoms with Gasteiger partial charge >= 0.3 is 0 Å². The number of amides is 2. The molecule has 25 heavy (non-hydrogen) atoms. The minimum atomic E-state index is -0.445. The Hall–Kier alpha value is -2.69. The Morgan fingerprint density at radius 1 is 1.12 bits per heavy atom. The van der Waals surface area contributed by atoms with E-state index in [0.29, 0.717) is 6.54 Å². The number of carbonyl (C=O) groups excluding carboxylic acids is 2. The summed E-state index contributed by atoms with van der Waals surface area (Å²) in [5.41, 5.74) is 1.48. The van der Waals surface area contributed by atoms with E-state index in [-0.39, 0.29) is 30.5 Å². The van der Waals surface area contributed by atoms with Gasteiger partial charge < -0.3 is 10.2 Å². The van der Waals surface area contributed by atoms with Crippen LogP contribution in [0.15, 0.2) is 54.6 Å². The molecule has 0 spiro atoms. The molecule has 0 aromatic heterocycles. The van der Waals surface area contributed by atoms with E-state index in [1.165, 1.54) is 16.5 Å². The van der Waals surface area contributed by atoms with Crippen LogP contribution in [0.1, 0.15) is 18.4 Å². The van der Waals surface area contributed by atoms with Crippen LogP contribution in [0.5, 0.6) is 0 Å². The van der Waals surface area contributed by atoms with Gasteiger partial charge in [0.2, 0.25) is 11.8 Å². The number of anilines is 1. The number of nitrogens with one attached hydrogen (secondary N) is 1. The Balaban J connectivity index is 1.49. The Morgan fingerprint density at radius 3 is 2.60 bits per heavy atom. The predicted octanol–water partition coefficient (Wildman–Crippen LogP) is 2.93. The molecule has 2 aromatic carbocycles. The van der Waals surface area contributed by atoms with E-state index in [2.05, 4.69) is 17.4 Å². The van der Waals surface area contributed by atoms with Crippen molar-refractivity contribution >= 4 is 17.5 Å². The lowest BCUT2D eigenvalue weighted by atomic mass is 10.1. The highest BCUT2D eigenvalue weighted by atomic mass is 19.1. The molecule has 0 saturated carbocycles. The predicted molar refractivity (Wildman–Crippen MR) is 94.6 cm³/mol. The molecule has 0 bridgehead atoms. The number of para-hydroxylation sites is 1. The van der Waals surface area contributed by atoms with E-state index < -0.39 is 11.7 Å². The van der Waals surface area contributed by atoms with E-state index in [9.17, 15) is 14.0 Å². The monoisotopic (exact) mass is 340 g/mol. The van der Waals surface area contributed by atoms with Gasteiger partial charge in [-0.15, -0.1) is 0 Å². The average molecular weight is 340 g/mol. The molecular weight excluding hydrogens is 319 g/mol. The van der Waals surface area contributed by atoms with Gasteiger partial charge in [-0.05, 0) is 30.5 Å². The van der Waals surface area contributed by atoms with Crippen molar-refractivity contribution in [1.82, 2.24) is 5.32 Å². The van der Waals surface area contributed by atoms with E-state index in [4.69, 9.17) is 0 Å². The number of carbonyl (C=O) groups is 2. The molecule has 1 aliphatic heterocycles. The SMILES string of the molecule is O=C(NCCCc1ccccc1)[C@@H]1CC(=O)N(c2ccccc2F)C1. The van der Waals surface area contributed by atoms with Crippen molar-refractivity contribution in [3.05, 3.63) is 66.0 Å². The van der Waals surface area contributed by atoms with Crippen molar-refractivity contribution in [1.29, 1.82) is 0 Å². The summed E-state index contributed by atoms with van der Waals surface area (Å²) in [6, 6.07) is 16.2. The van der Waals surface area contributed by atoms with Gasteiger partial charge in [-0.1, -0.05) is 42.5 Å². The number of nitrogens with zero attached hydrogens (tertiary/aromatic N) is 1. The second kappa shape index (κ2) is 7.92. The van der Waals surface area contributed by atoms with E-state index in [0.717, 1.165) is 12.8 Å². The van der Waals surface area contributed by atoms with Crippen LogP contribution in [0.2, 0.25) is 0 Å². The van der Waals surface area contributed by atoms with Crippen LogP contribution >= 0.6 is 0 Å². The van der Waals surface area contributed by atoms with Gasteiger partial charge in [-0.2, -0.15) is 0 Å². The maximum atomic E-state index is 13.9. The normalized spacial score (nSPS) is 16.9. The van der Waals surface area contributed by atoms with Crippen molar-refractivity contribution in [3.63, 3.8) is 0 Å². The molecule has 1 fully saturated rings. The summed E-state index contributed by atoms with van der Waals surface area (Å²) in [5, 5.41) is 2.89. The average Bonchev–Trinajstić information content (AvgIpc) is 3.01. The zero-order chi connectivity index (χ0) is 17.6. The van der Waals surface area contributed by atoms with Gasteiger partial charge in [0.1, 0.15) is 5.82 Å². The topological polar surface area (TPSA) is 49.4 Å². The van der Waals surface area contributed by atoms with E-state index >= 15 is 0 Å². The summed E-state index contributed by atoms with van der Waals surface area (Å²) in [7, 11) is 0.